The minimum atomic E-state index is -0.214. The summed E-state index contributed by atoms with van der Waals surface area (Å²) >= 11 is 7.15. The summed E-state index contributed by atoms with van der Waals surface area (Å²) in [5.74, 6) is 2.09. The number of benzene rings is 2. The number of carbonyl (C=O) groups is 1. The second-order valence-corrected chi connectivity index (χ2v) is 7.77. The van der Waals surface area contributed by atoms with Gasteiger partial charge in [-0.05, 0) is 50.4 Å². The number of halogens is 2. The van der Waals surface area contributed by atoms with Crippen LogP contribution < -0.4 is 14.2 Å². The third-order valence-electron chi connectivity index (χ3n) is 4.96. The predicted molar refractivity (Wildman–Crippen MR) is 101 cm³/mol. The first-order chi connectivity index (χ1) is 12.1. The van der Waals surface area contributed by atoms with Crippen LogP contribution in [0.2, 0.25) is 0 Å². The molecule has 0 radical (unpaired) electrons. The maximum atomic E-state index is 13.0. The van der Waals surface area contributed by atoms with Gasteiger partial charge in [0.25, 0.3) is 0 Å². The number of fused-ring (bicyclic) bond motifs is 3. The average molecular weight is 468 g/mol. The molecule has 1 heterocycles. The Labute approximate surface area is 162 Å². The number of para-hydroxylation sites is 1. The first-order valence-corrected chi connectivity index (χ1v) is 9.56. The fourth-order valence-corrected chi connectivity index (χ4v) is 4.97. The molecule has 0 spiro atoms. The summed E-state index contributed by atoms with van der Waals surface area (Å²) in [6.07, 6.45) is 0.978. The Hall–Kier alpha value is -1.53. The zero-order chi connectivity index (χ0) is 17.7. The summed E-state index contributed by atoms with van der Waals surface area (Å²) < 4.78 is 19.0. The van der Waals surface area contributed by atoms with E-state index in [0.717, 1.165) is 31.6 Å². The number of ketones is 1. The SMILES string of the molecule is COc1c(Br)c(Br)c(OC)c2c1C[C@H]1Oc3ccccc3C(=O)[C@@H]1C2. The average Bonchev–Trinajstić information content (AvgIpc) is 2.62. The smallest absolute Gasteiger partial charge is 0.173 e. The zero-order valence-electron chi connectivity index (χ0n) is 13.8. The lowest BCUT2D eigenvalue weighted by Crippen LogP contribution is -2.43. The first kappa shape index (κ1) is 16.9. The standard InChI is InChI=1S/C19H16Br2O4/c1-23-18-10-7-12-14(8-11(10)19(24-2)16(21)15(18)20)25-13-6-4-3-5-9(13)17(12)22/h3-6,12,14H,7-8H2,1-2H3/t12-,14-/m1/s1. The van der Waals surface area contributed by atoms with E-state index in [-0.39, 0.29) is 17.8 Å². The zero-order valence-corrected chi connectivity index (χ0v) is 16.9. The van der Waals surface area contributed by atoms with Crippen LogP contribution in [0.1, 0.15) is 21.5 Å². The number of methoxy groups -OCH3 is 2. The maximum absolute atomic E-state index is 13.0. The molecule has 6 heteroatoms. The Bertz CT molecular complexity index is 878. The first-order valence-electron chi connectivity index (χ1n) is 7.97. The van der Waals surface area contributed by atoms with E-state index in [9.17, 15) is 4.79 Å². The number of hydrogen-bond acceptors (Lipinski definition) is 4. The molecule has 0 saturated heterocycles. The fourth-order valence-electron chi connectivity index (χ4n) is 3.81. The molecule has 4 nitrogen and oxygen atoms in total. The van der Waals surface area contributed by atoms with Gasteiger partial charge in [-0.1, -0.05) is 12.1 Å². The van der Waals surface area contributed by atoms with Crippen LogP contribution in [-0.2, 0) is 12.8 Å². The van der Waals surface area contributed by atoms with Crippen LogP contribution in [0.4, 0.5) is 0 Å². The van der Waals surface area contributed by atoms with Crippen LogP contribution >= 0.6 is 31.9 Å². The van der Waals surface area contributed by atoms with Gasteiger partial charge in [0.05, 0.1) is 34.6 Å². The lowest BCUT2D eigenvalue weighted by molar-refractivity contribution is 0.0629. The maximum Gasteiger partial charge on any atom is 0.173 e. The summed E-state index contributed by atoms with van der Waals surface area (Å²) in [6, 6.07) is 7.45. The van der Waals surface area contributed by atoms with Gasteiger partial charge in [0.1, 0.15) is 23.4 Å². The molecule has 4 rings (SSSR count). The van der Waals surface area contributed by atoms with Crippen molar-refractivity contribution in [3.05, 3.63) is 49.9 Å². The minimum absolute atomic E-state index is 0.137. The number of ether oxygens (including phenoxy) is 3. The van der Waals surface area contributed by atoms with Crippen LogP contribution in [0.15, 0.2) is 33.2 Å². The van der Waals surface area contributed by atoms with E-state index in [2.05, 4.69) is 31.9 Å². The Kier molecular flexibility index (Phi) is 4.28. The van der Waals surface area contributed by atoms with Crippen molar-refractivity contribution in [3.8, 4) is 17.2 Å². The molecule has 1 aliphatic carbocycles. The topological polar surface area (TPSA) is 44.8 Å². The molecule has 2 atom stereocenters. The van der Waals surface area contributed by atoms with Crippen molar-refractivity contribution in [1.82, 2.24) is 0 Å². The minimum Gasteiger partial charge on any atom is -0.495 e. The van der Waals surface area contributed by atoms with E-state index in [4.69, 9.17) is 14.2 Å². The fraction of sp³-hybridized carbons (Fsp3) is 0.316. The third-order valence-corrected chi connectivity index (χ3v) is 7.00. The van der Waals surface area contributed by atoms with Crippen LogP contribution in [-0.4, -0.2) is 26.1 Å². The van der Waals surface area contributed by atoms with E-state index >= 15 is 0 Å². The van der Waals surface area contributed by atoms with Gasteiger partial charge in [-0.15, -0.1) is 0 Å². The molecule has 0 bridgehead atoms. The van der Waals surface area contributed by atoms with E-state index in [1.165, 1.54) is 0 Å². The molecule has 1 aliphatic heterocycles. The largest absolute Gasteiger partial charge is 0.495 e. The van der Waals surface area contributed by atoms with Crippen molar-refractivity contribution in [3.63, 3.8) is 0 Å². The molecular formula is C19H16Br2O4. The number of hydrogen-bond donors (Lipinski definition) is 0. The molecule has 0 unspecified atom stereocenters. The molecule has 2 aromatic carbocycles. The molecule has 2 aromatic rings. The van der Waals surface area contributed by atoms with Gasteiger partial charge in [-0.2, -0.15) is 0 Å². The molecule has 0 amide bonds. The summed E-state index contributed by atoms with van der Waals surface area (Å²) in [4.78, 5) is 13.0. The van der Waals surface area contributed by atoms with Gasteiger partial charge in [0, 0.05) is 17.5 Å². The molecule has 0 fully saturated rings. The highest BCUT2D eigenvalue weighted by atomic mass is 79.9. The quantitative estimate of drug-likeness (QED) is 0.648. The van der Waals surface area contributed by atoms with Gasteiger partial charge in [-0.3, -0.25) is 4.79 Å². The van der Waals surface area contributed by atoms with Crippen LogP contribution in [0.25, 0.3) is 0 Å². The van der Waals surface area contributed by atoms with Crippen molar-refractivity contribution >= 4 is 37.6 Å². The normalized spacial score (nSPS) is 20.9. The predicted octanol–water partition coefficient (Wildman–Crippen LogP) is 4.59. The van der Waals surface area contributed by atoms with E-state index in [1.807, 2.05) is 24.3 Å². The van der Waals surface area contributed by atoms with Crippen LogP contribution in [0.3, 0.4) is 0 Å². The lowest BCUT2D eigenvalue weighted by Gasteiger charge is -2.38. The molecule has 0 aromatic heterocycles. The van der Waals surface area contributed by atoms with Gasteiger partial charge in [0.2, 0.25) is 0 Å². The van der Waals surface area contributed by atoms with Gasteiger partial charge in [-0.25, -0.2) is 0 Å². The van der Waals surface area contributed by atoms with Crippen molar-refractivity contribution in [1.29, 1.82) is 0 Å². The molecule has 130 valence electrons. The van der Waals surface area contributed by atoms with Gasteiger partial charge >= 0.3 is 0 Å². The lowest BCUT2D eigenvalue weighted by atomic mass is 9.76. The second-order valence-electron chi connectivity index (χ2n) is 6.18. The van der Waals surface area contributed by atoms with E-state index in [1.54, 1.807) is 14.2 Å². The molecule has 2 aliphatic rings. The van der Waals surface area contributed by atoms with Crippen molar-refractivity contribution in [2.24, 2.45) is 5.92 Å². The van der Waals surface area contributed by atoms with E-state index in [0.29, 0.717) is 24.2 Å². The van der Waals surface area contributed by atoms with Gasteiger partial charge in [0.15, 0.2) is 5.78 Å². The Morgan fingerprint density at radius 2 is 1.60 bits per heavy atom. The van der Waals surface area contributed by atoms with Crippen molar-refractivity contribution in [2.45, 2.75) is 18.9 Å². The highest BCUT2D eigenvalue weighted by Gasteiger charge is 2.43. The van der Waals surface area contributed by atoms with Crippen LogP contribution in [0.5, 0.6) is 17.2 Å². The Balaban J connectivity index is 1.85. The number of Topliss-reactive ketones (excluding diaryl/α,β-unsaturated/α-hetero) is 1. The summed E-state index contributed by atoms with van der Waals surface area (Å²) in [6.45, 7) is 0. The highest BCUT2D eigenvalue weighted by molar-refractivity contribution is 9.13. The highest BCUT2D eigenvalue weighted by Crippen LogP contribution is 2.50. The summed E-state index contributed by atoms with van der Waals surface area (Å²) in [5.41, 5.74) is 2.70. The van der Waals surface area contributed by atoms with Crippen molar-refractivity contribution < 1.29 is 19.0 Å². The van der Waals surface area contributed by atoms with Crippen molar-refractivity contribution in [2.75, 3.05) is 14.2 Å². The molecule has 0 saturated carbocycles. The third kappa shape index (κ3) is 2.49. The number of rotatable bonds is 2. The molecule has 0 N–H and O–H groups in total. The Morgan fingerprint density at radius 1 is 1.00 bits per heavy atom. The monoisotopic (exact) mass is 466 g/mol. The molecular weight excluding hydrogens is 452 g/mol. The Morgan fingerprint density at radius 3 is 2.24 bits per heavy atom. The van der Waals surface area contributed by atoms with E-state index < -0.39 is 0 Å². The second kappa shape index (κ2) is 6.32. The summed E-state index contributed by atoms with van der Waals surface area (Å²) in [7, 11) is 3.29. The summed E-state index contributed by atoms with van der Waals surface area (Å²) in [5, 5.41) is 0. The number of carbonyl (C=O) groups excluding carboxylic acids is 1. The van der Waals surface area contributed by atoms with Crippen LogP contribution in [0, 0.1) is 5.92 Å². The molecule has 25 heavy (non-hydrogen) atoms. The van der Waals surface area contributed by atoms with Gasteiger partial charge < -0.3 is 14.2 Å².